The lowest BCUT2D eigenvalue weighted by molar-refractivity contribution is -0.123. The van der Waals surface area contributed by atoms with E-state index in [1.54, 1.807) is 48.5 Å². The van der Waals surface area contributed by atoms with Gasteiger partial charge in [0.15, 0.2) is 6.61 Å². The van der Waals surface area contributed by atoms with Crippen LogP contribution in [0.1, 0.15) is 26.3 Å². The lowest BCUT2D eigenvalue weighted by Crippen LogP contribution is -2.27. The molecule has 27 heavy (non-hydrogen) atoms. The summed E-state index contributed by atoms with van der Waals surface area (Å²) in [7, 11) is 0. The van der Waals surface area contributed by atoms with Gasteiger partial charge in [0.2, 0.25) is 5.91 Å². The van der Waals surface area contributed by atoms with Gasteiger partial charge in [0.05, 0.1) is 12.5 Å². The Hall–Kier alpha value is -3.33. The summed E-state index contributed by atoms with van der Waals surface area (Å²) in [5.74, 6) is 0.141. The summed E-state index contributed by atoms with van der Waals surface area (Å²) in [5, 5.41) is 14.2. The number of hydrogen-bond acceptors (Lipinski definition) is 4. The van der Waals surface area contributed by atoms with Crippen molar-refractivity contribution in [1.82, 2.24) is 0 Å². The molecule has 2 N–H and O–H groups in total. The van der Waals surface area contributed by atoms with E-state index in [0.29, 0.717) is 23.5 Å². The van der Waals surface area contributed by atoms with Gasteiger partial charge in [-0.15, -0.1) is 0 Å². The van der Waals surface area contributed by atoms with Gasteiger partial charge >= 0.3 is 0 Å². The van der Waals surface area contributed by atoms with E-state index in [2.05, 4.69) is 16.7 Å². The number of rotatable bonds is 6. The molecule has 0 spiro atoms. The van der Waals surface area contributed by atoms with Gasteiger partial charge in [-0.2, -0.15) is 5.26 Å². The average molecular weight is 365 g/mol. The van der Waals surface area contributed by atoms with E-state index < -0.39 is 5.41 Å². The SMILES string of the molecule is CC(C)(C)C(=O)Nc1cccc(NC(=O)COc2ccc(CC#N)cc2)c1. The van der Waals surface area contributed by atoms with Crippen molar-refractivity contribution in [3.05, 3.63) is 54.1 Å². The highest BCUT2D eigenvalue weighted by molar-refractivity contribution is 5.96. The van der Waals surface area contributed by atoms with Gasteiger partial charge < -0.3 is 15.4 Å². The Balaban J connectivity index is 1.89. The molecular weight excluding hydrogens is 342 g/mol. The Morgan fingerprint density at radius 1 is 1.04 bits per heavy atom. The lowest BCUT2D eigenvalue weighted by Gasteiger charge is -2.18. The highest BCUT2D eigenvalue weighted by atomic mass is 16.5. The van der Waals surface area contributed by atoms with E-state index in [9.17, 15) is 9.59 Å². The van der Waals surface area contributed by atoms with Crippen LogP contribution in [0.15, 0.2) is 48.5 Å². The summed E-state index contributed by atoms with van der Waals surface area (Å²) in [4.78, 5) is 24.1. The van der Waals surface area contributed by atoms with E-state index in [1.807, 2.05) is 20.8 Å². The molecule has 0 fully saturated rings. The van der Waals surface area contributed by atoms with E-state index in [4.69, 9.17) is 10.00 Å². The van der Waals surface area contributed by atoms with Gasteiger partial charge in [-0.05, 0) is 35.9 Å². The van der Waals surface area contributed by atoms with Crippen LogP contribution < -0.4 is 15.4 Å². The fourth-order valence-electron chi connectivity index (χ4n) is 2.13. The molecule has 2 aromatic rings. The molecule has 140 valence electrons. The molecular formula is C21H23N3O3. The molecule has 2 rings (SSSR count). The van der Waals surface area contributed by atoms with Crippen molar-refractivity contribution < 1.29 is 14.3 Å². The molecule has 0 bridgehead atoms. The summed E-state index contributed by atoms with van der Waals surface area (Å²) in [6, 6.07) is 16.0. The summed E-state index contributed by atoms with van der Waals surface area (Å²) in [5.41, 5.74) is 1.57. The zero-order valence-corrected chi connectivity index (χ0v) is 15.7. The highest BCUT2D eigenvalue weighted by Crippen LogP contribution is 2.20. The number of amides is 2. The summed E-state index contributed by atoms with van der Waals surface area (Å²) < 4.78 is 5.45. The third kappa shape index (κ3) is 6.48. The molecule has 0 atom stereocenters. The van der Waals surface area contributed by atoms with E-state index in [1.165, 1.54) is 0 Å². The Kier molecular flexibility index (Phi) is 6.56. The number of benzene rings is 2. The number of nitrogens with one attached hydrogen (secondary N) is 2. The zero-order chi connectivity index (χ0) is 19.9. The van der Waals surface area contributed by atoms with E-state index in [0.717, 1.165) is 5.56 Å². The Morgan fingerprint density at radius 3 is 2.26 bits per heavy atom. The smallest absolute Gasteiger partial charge is 0.262 e. The second kappa shape index (κ2) is 8.86. The molecule has 0 aliphatic heterocycles. The summed E-state index contributed by atoms with van der Waals surface area (Å²) >= 11 is 0. The summed E-state index contributed by atoms with van der Waals surface area (Å²) in [6.45, 7) is 5.35. The first-order chi connectivity index (χ1) is 12.8. The first kappa shape index (κ1) is 20.0. The topological polar surface area (TPSA) is 91.2 Å². The van der Waals surface area contributed by atoms with Crippen molar-refractivity contribution in [3.8, 4) is 11.8 Å². The number of anilines is 2. The van der Waals surface area contributed by atoms with Crippen LogP contribution in [-0.4, -0.2) is 18.4 Å². The first-order valence-corrected chi connectivity index (χ1v) is 8.58. The predicted octanol–water partition coefficient (Wildman–Crippen LogP) is 3.75. The summed E-state index contributed by atoms with van der Waals surface area (Å²) in [6.07, 6.45) is 0.336. The molecule has 0 unspecified atom stereocenters. The zero-order valence-electron chi connectivity index (χ0n) is 15.7. The molecule has 0 saturated carbocycles. The van der Waals surface area contributed by atoms with Crippen LogP contribution in [0.3, 0.4) is 0 Å². The third-order valence-corrected chi connectivity index (χ3v) is 3.66. The number of nitrogens with zero attached hydrogens (tertiary/aromatic N) is 1. The van der Waals surface area contributed by atoms with Gasteiger partial charge in [0.1, 0.15) is 5.75 Å². The number of nitriles is 1. The minimum atomic E-state index is -0.504. The Labute approximate surface area is 159 Å². The maximum Gasteiger partial charge on any atom is 0.262 e. The van der Waals surface area contributed by atoms with Crippen LogP contribution in [0.2, 0.25) is 0 Å². The second-order valence-electron chi connectivity index (χ2n) is 7.10. The molecule has 2 amide bonds. The van der Waals surface area contributed by atoms with Crippen LogP contribution in [-0.2, 0) is 16.0 Å². The number of carbonyl (C=O) groups is 2. The van der Waals surface area contributed by atoms with Crippen LogP contribution in [0.4, 0.5) is 11.4 Å². The van der Waals surface area contributed by atoms with Crippen LogP contribution in [0.25, 0.3) is 0 Å². The van der Waals surface area contributed by atoms with Gasteiger partial charge in [-0.25, -0.2) is 0 Å². The van der Waals surface area contributed by atoms with Gasteiger partial charge in [0.25, 0.3) is 5.91 Å². The quantitative estimate of drug-likeness (QED) is 0.815. The Morgan fingerprint density at radius 2 is 1.67 bits per heavy atom. The molecule has 0 radical (unpaired) electrons. The maximum absolute atomic E-state index is 12.1. The minimum Gasteiger partial charge on any atom is -0.484 e. The fraction of sp³-hybridized carbons (Fsp3) is 0.286. The molecule has 2 aromatic carbocycles. The van der Waals surface area contributed by atoms with Gasteiger partial charge in [-0.1, -0.05) is 39.0 Å². The predicted molar refractivity (Wildman–Crippen MR) is 104 cm³/mol. The molecule has 0 aliphatic rings. The van der Waals surface area contributed by atoms with Crippen molar-refractivity contribution in [2.75, 3.05) is 17.2 Å². The van der Waals surface area contributed by atoms with Crippen molar-refractivity contribution in [1.29, 1.82) is 5.26 Å². The molecule has 0 aliphatic carbocycles. The fourth-order valence-corrected chi connectivity index (χ4v) is 2.13. The van der Waals surface area contributed by atoms with Crippen molar-refractivity contribution >= 4 is 23.2 Å². The van der Waals surface area contributed by atoms with Crippen molar-refractivity contribution in [2.24, 2.45) is 5.41 Å². The standard InChI is InChI=1S/C21H23N3O3/c1-21(2,3)20(26)24-17-6-4-5-16(13-17)23-19(25)14-27-18-9-7-15(8-10-18)11-12-22/h4-10,13H,11,14H2,1-3H3,(H,23,25)(H,24,26). The Bertz CT molecular complexity index is 846. The van der Waals surface area contributed by atoms with Gasteiger partial charge in [-0.3, -0.25) is 9.59 Å². The van der Waals surface area contributed by atoms with Crippen LogP contribution in [0.5, 0.6) is 5.75 Å². The maximum atomic E-state index is 12.1. The number of ether oxygens (including phenoxy) is 1. The van der Waals surface area contributed by atoms with Crippen LogP contribution in [0, 0.1) is 16.7 Å². The monoisotopic (exact) mass is 365 g/mol. The minimum absolute atomic E-state index is 0.103. The molecule has 0 saturated heterocycles. The normalized spacial score (nSPS) is 10.6. The van der Waals surface area contributed by atoms with Crippen molar-refractivity contribution in [3.63, 3.8) is 0 Å². The van der Waals surface area contributed by atoms with Crippen LogP contribution >= 0.6 is 0 Å². The van der Waals surface area contributed by atoms with E-state index >= 15 is 0 Å². The highest BCUT2D eigenvalue weighted by Gasteiger charge is 2.21. The molecule has 6 heteroatoms. The second-order valence-corrected chi connectivity index (χ2v) is 7.10. The average Bonchev–Trinajstić information content (AvgIpc) is 2.61. The van der Waals surface area contributed by atoms with Crippen molar-refractivity contribution in [2.45, 2.75) is 27.2 Å². The van der Waals surface area contributed by atoms with Gasteiger partial charge in [0, 0.05) is 16.8 Å². The molecule has 0 heterocycles. The molecule has 6 nitrogen and oxygen atoms in total. The lowest BCUT2D eigenvalue weighted by atomic mass is 9.95. The third-order valence-electron chi connectivity index (χ3n) is 3.66. The molecule has 0 aromatic heterocycles. The van der Waals surface area contributed by atoms with E-state index in [-0.39, 0.29) is 18.4 Å². The number of carbonyl (C=O) groups excluding carboxylic acids is 2. The first-order valence-electron chi connectivity index (χ1n) is 8.58. The largest absolute Gasteiger partial charge is 0.484 e. The number of hydrogen-bond donors (Lipinski definition) is 2.